The zero-order chi connectivity index (χ0) is 26.8. The number of benzene rings is 3. The average Bonchev–Trinajstić information content (AvgIpc) is 3.50. The van der Waals surface area contributed by atoms with Crippen molar-refractivity contribution in [1.29, 1.82) is 0 Å². The Labute approximate surface area is 227 Å². The van der Waals surface area contributed by atoms with Crippen molar-refractivity contribution in [2.45, 2.75) is 40.3 Å². The number of methoxy groups -OCH3 is 1. The van der Waals surface area contributed by atoms with Gasteiger partial charge in [0.15, 0.2) is 5.76 Å². The fourth-order valence-electron chi connectivity index (χ4n) is 4.33. The number of nitrogens with zero attached hydrogens (tertiary/aromatic N) is 2. The summed E-state index contributed by atoms with van der Waals surface area (Å²) in [6.45, 7) is 5.61. The van der Waals surface area contributed by atoms with E-state index in [1.807, 2.05) is 63.2 Å². The summed E-state index contributed by atoms with van der Waals surface area (Å²) < 4.78 is 32.6. The van der Waals surface area contributed by atoms with E-state index >= 15 is 0 Å². The Morgan fingerprint density at radius 3 is 2.49 bits per heavy atom. The van der Waals surface area contributed by atoms with Crippen LogP contribution in [0.15, 0.2) is 83.4 Å². The van der Waals surface area contributed by atoms with E-state index in [0.29, 0.717) is 17.3 Å². The van der Waals surface area contributed by atoms with Gasteiger partial charge in [0, 0.05) is 5.39 Å². The molecular weight excluding hydrogens is 497 g/mol. The number of carbonyl (C=O) groups is 1. The van der Waals surface area contributed by atoms with Crippen LogP contribution in [0.25, 0.3) is 16.6 Å². The number of rotatable bonds is 8. The zero-order valence-electron chi connectivity index (χ0n) is 21.6. The highest BCUT2D eigenvalue weighted by Gasteiger charge is 2.26. The standard InChI is InChI=1S/C30H28FN3O4.CH4/c1-18-14-28(37-20(18)3)30(35)33-19(2)29(21-6-5-7-25(15-21)36-4)38-26-12-13-27-22(16-26)17-32-34(27)24-10-8-23(31)9-11-24;/h5-17,19,29H,1-4H3,(H,33,35);1H4/t19-,29-;/m0./s1. The van der Waals surface area contributed by atoms with E-state index in [4.69, 9.17) is 13.9 Å². The molecule has 2 atom stereocenters. The van der Waals surface area contributed by atoms with Crippen molar-refractivity contribution >= 4 is 16.8 Å². The van der Waals surface area contributed by atoms with E-state index in [1.54, 1.807) is 36.2 Å². The minimum atomic E-state index is -0.532. The lowest BCUT2D eigenvalue weighted by Crippen LogP contribution is -2.39. The molecule has 39 heavy (non-hydrogen) atoms. The summed E-state index contributed by atoms with van der Waals surface area (Å²) in [5.74, 6) is 1.63. The van der Waals surface area contributed by atoms with Gasteiger partial charge < -0.3 is 19.2 Å². The van der Waals surface area contributed by atoms with Gasteiger partial charge in [-0.1, -0.05) is 19.6 Å². The van der Waals surface area contributed by atoms with Gasteiger partial charge in [-0.3, -0.25) is 4.79 Å². The predicted molar refractivity (Wildman–Crippen MR) is 149 cm³/mol. The second kappa shape index (κ2) is 11.4. The van der Waals surface area contributed by atoms with E-state index in [0.717, 1.165) is 27.7 Å². The second-order valence-corrected chi connectivity index (χ2v) is 9.18. The highest BCUT2D eigenvalue weighted by Crippen LogP contribution is 2.30. The summed E-state index contributed by atoms with van der Waals surface area (Å²) >= 11 is 0. The molecular formula is C31H32FN3O4. The van der Waals surface area contributed by atoms with Gasteiger partial charge in [0.25, 0.3) is 5.91 Å². The van der Waals surface area contributed by atoms with Crippen LogP contribution >= 0.6 is 0 Å². The first-order valence-electron chi connectivity index (χ1n) is 12.2. The number of aromatic nitrogens is 2. The third-order valence-corrected chi connectivity index (χ3v) is 6.50. The Morgan fingerprint density at radius 2 is 1.79 bits per heavy atom. The quantitative estimate of drug-likeness (QED) is 0.235. The maximum atomic E-state index is 13.4. The molecule has 0 aliphatic carbocycles. The van der Waals surface area contributed by atoms with E-state index in [2.05, 4.69) is 10.4 Å². The van der Waals surface area contributed by atoms with Crippen molar-refractivity contribution in [1.82, 2.24) is 15.1 Å². The van der Waals surface area contributed by atoms with Gasteiger partial charge in [0.1, 0.15) is 29.2 Å². The highest BCUT2D eigenvalue weighted by molar-refractivity contribution is 5.92. The van der Waals surface area contributed by atoms with Crippen LogP contribution in [-0.4, -0.2) is 28.8 Å². The zero-order valence-corrected chi connectivity index (χ0v) is 21.6. The first-order valence-corrected chi connectivity index (χ1v) is 12.2. The lowest BCUT2D eigenvalue weighted by atomic mass is 10.0. The molecule has 202 valence electrons. The van der Waals surface area contributed by atoms with Crippen molar-refractivity contribution in [3.63, 3.8) is 0 Å². The van der Waals surface area contributed by atoms with Crippen molar-refractivity contribution in [3.8, 4) is 17.2 Å². The number of halogens is 1. The highest BCUT2D eigenvalue weighted by atomic mass is 19.1. The summed E-state index contributed by atoms with van der Waals surface area (Å²) in [7, 11) is 1.61. The SMILES string of the molecule is C.COc1cccc([C@@H](Oc2ccc3c(cnn3-c3ccc(F)cc3)c2)[C@H](C)NC(=O)c2cc(C)c(C)o2)c1. The van der Waals surface area contributed by atoms with Gasteiger partial charge in [-0.05, 0) is 92.6 Å². The Bertz CT molecular complexity index is 1570. The molecule has 0 aliphatic rings. The largest absolute Gasteiger partial charge is 0.497 e. The number of aryl methyl sites for hydroxylation is 2. The summed E-state index contributed by atoms with van der Waals surface area (Å²) in [6.07, 6.45) is 1.20. The summed E-state index contributed by atoms with van der Waals surface area (Å²) in [6, 6.07) is 20.7. The predicted octanol–water partition coefficient (Wildman–Crippen LogP) is 6.96. The number of fused-ring (bicyclic) bond motifs is 1. The molecule has 0 radical (unpaired) electrons. The second-order valence-electron chi connectivity index (χ2n) is 9.18. The number of hydrogen-bond acceptors (Lipinski definition) is 5. The summed E-state index contributed by atoms with van der Waals surface area (Å²) in [5.41, 5.74) is 3.36. The Balaban J connectivity index is 0.00000353. The molecule has 0 bridgehead atoms. The summed E-state index contributed by atoms with van der Waals surface area (Å²) in [4.78, 5) is 12.9. The maximum absolute atomic E-state index is 13.4. The van der Waals surface area contributed by atoms with Crippen molar-refractivity contribution in [2.24, 2.45) is 0 Å². The van der Waals surface area contributed by atoms with E-state index < -0.39 is 12.1 Å². The first-order chi connectivity index (χ1) is 18.3. The molecule has 0 fully saturated rings. The van der Waals surface area contributed by atoms with E-state index in [9.17, 15) is 9.18 Å². The number of nitrogens with one attached hydrogen (secondary N) is 1. The molecule has 2 heterocycles. The van der Waals surface area contributed by atoms with Crippen LogP contribution in [0.4, 0.5) is 4.39 Å². The molecule has 0 saturated carbocycles. The normalized spacial score (nSPS) is 12.4. The van der Waals surface area contributed by atoms with Gasteiger partial charge in [-0.25, -0.2) is 9.07 Å². The molecule has 1 amide bonds. The van der Waals surface area contributed by atoms with Crippen molar-refractivity contribution in [3.05, 3.63) is 107 Å². The minimum absolute atomic E-state index is 0. The van der Waals surface area contributed by atoms with Crippen LogP contribution in [0.1, 0.15) is 47.9 Å². The third-order valence-electron chi connectivity index (χ3n) is 6.50. The third kappa shape index (κ3) is 5.80. The molecule has 7 nitrogen and oxygen atoms in total. The van der Waals surface area contributed by atoms with Crippen LogP contribution in [0.5, 0.6) is 11.5 Å². The molecule has 0 unspecified atom stereocenters. The minimum Gasteiger partial charge on any atom is -0.497 e. The van der Waals surface area contributed by atoms with Crippen LogP contribution in [0.3, 0.4) is 0 Å². The Hall–Kier alpha value is -4.59. The molecule has 5 aromatic rings. The molecule has 0 aliphatic heterocycles. The maximum Gasteiger partial charge on any atom is 0.287 e. The number of hydrogen-bond donors (Lipinski definition) is 1. The Morgan fingerprint density at radius 1 is 1.03 bits per heavy atom. The Kier molecular flexibility index (Phi) is 8.04. The smallest absolute Gasteiger partial charge is 0.287 e. The number of amides is 1. The number of carbonyl (C=O) groups excluding carboxylic acids is 1. The number of ether oxygens (including phenoxy) is 2. The molecule has 0 saturated heterocycles. The van der Waals surface area contributed by atoms with Gasteiger partial charge >= 0.3 is 0 Å². The van der Waals surface area contributed by atoms with Gasteiger partial charge in [0.05, 0.1) is 30.6 Å². The van der Waals surface area contributed by atoms with Crippen molar-refractivity contribution < 1.29 is 23.1 Å². The van der Waals surface area contributed by atoms with E-state index in [-0.39, 0.29) is 24.9 Å². The van der Waals surface area contributed by atoms with Gasteiger partial charge in [-0.15, -0.1) is 0 Å². The monoisotopic (exact) mass is 529 g/mol. The van der Waals surface area contributed by atoms with Crippen LogP contribution in [0.2, 0.25) is 0 Å². The lowest BCUT2D eigenvalue weighted by Gasteiger charge is -2.26. The molecule has 1 N–H and O–H groups in total. The molecule has 2 aromatic heterocycles. The fourth-order valence-corrected chi connectivity index (χ4v) is 4.33. The molecule has 3 aromatic carbocycles. The number of furan rings is 1. The topological polar surface area (TPSA) is 78.5 Å². The van der Waals surface area contributed by atoms with Crippen LogP contribution in [-0.2, 0) is 0 Å². The van der Waals surface area contributed by atoms with Crippen molar-refractivity contribution in [2.75, 3.05) is 7.11 Å². The first kappa shape index (κ1) is 27.4. The van der Waals surface area contributed by atoms with Crippen LogP contribution < -0.4 is 14.8 Å². The van der Waals surface area contributed by atoms with Gasteiger partial charge in [0.2, 0.25) is 0 Å². The molecule has 8 heteroatoms. The van der Waals surface area contributed by atoms with E-state index in [1.165, 1.54) is 12.1 Å². The molecule has 5 rings (SSSR count). The average molecular weight is 530 g/mol. The molecule has 0 spiro atoms. The summed E-state index contributed by atoms with van der Waals surface area (Å²) in [5, 5.41) is 8.34. The fraction of sp³-hybridized carbons (Fsp3) is 0.226. The lowest BCUT2D eigenvalue weighted by molar-refractivity contribution is 0.0853. The van der Waals surface area contributed by atoms with Crippen LogP contribution in [0, 0.1) is 19.7 Å². The van der Waals surface area contributed by atoms with Gasteiger partial charge in [-0.2, -0.15) is 5.10 Å².